The molecule has 1 saturated heterocycles. The van der Waals surface area contributed by atoms with Crippen molar-refractivity contribution < 1.29 is 4.79 Å². The van der Waals surface area contributed by atoms with Crippen LogP contribution >= 0.6 is 0 Å². The number of anilines is 3. The maximum atomic E-state index is 12.7. The lowest BCUT2D eigenvalue weighted by molar-refractivity contribution is 0.102. The Morgan fingerprint density at radius 2 is 1.92 bits per heavy atom. The molecule has 0 unspecified atom stereocenters. The van der Waals surface area contributed by atoms with Gasteiger partial charge in [0.05, 0.1) is 6.20 Å². The fourth-order valence-electron chi connectivity index (χ4n) is 3.03. The minimum atomic E-state index is -0.137. The van der Waals surface area contributed by atoms with Crippen molar-refractivity contribution in [2.75, 3.05) is 42.3 Å². The van der Waals surface area contributed by atoms with E-state index < -0.39 is 0 Å². The van der Waals surface area contributed by atoms with Gasteiger partial charge in [-0.1, -0.05) is 17.7 Å². The molecule has 0 aliphatic carbocycles. The number of aromatic nitrogens is 2. The van der Waals surface area contributed by atoms with E-state index >= 15 is 0 Å². The monoisotopic (exact) mass is 339 g/mol. The zero-order valence-corrected chi connectivity index (χ0v) is 15.3. The van der Waals surface area contributed by atoms with Crippen LogP contribution < -0.4 is 15.1 Å². The largest absolute Gasteiger partial charge is 0.361 e. The summed E-state index contributed by atoms with van der Waals surface area (Å²) in [4.78, 5) is 25.9. The van der Waals surface area contributed by atoms with Gasteiger partial charge in [0, 0.05) is 32.7 Å². The van der Waals surface area contributed by atoms with Gasteiger partial charge in [0.25, 0.3) is 5.91 Å². The number of hydrogen-bond acceptors (Lipinski definition) is 5. The van der Waals surface area contributed by atoms with Gasteiger partial charge in [0.1, 0.15) is 5.69 Å². The van der Waals surface area contributed by atoms with E-state index in [-0.39, 0.29) is 5.91 Å². The molecule has 1 amide bonds. The molecule has 1 N–H and O–H groups in total. The third-order valence-electron chi connectivity index (χ3n) is 4.45. The average Bonchev–Trinajstić information content (AvgIpc) is 3.11. The predicted molar refractivity (Wildman–Crippen MR) is 102 cm³/mol. The second kappa shape index (κ2) is 7.09. The van der Waals surface area contributed by atoms with Gasteiger partial charge in [-0.25, -0.2) is 4.98 Å². The van der Waals surface area contributed by atoms with Crippen molar-refractivity contribution in [2.45, 2.75) is 26.7 Å². The molecular weight excluding hydrogens is 314 g/mol. The highest BCUT2D eigenvalue weighted by Crippen LogP contribution is 2.26. The molecule has 0 saturated carbocycles. The lowest BCUT2D eigenvalue weighted by atomic mass is 10.1. The summed E-state index contributed by atoms with van der Waals surface area (Å²) < 4.78 is 0. The van der Waals surface area contributed by atoms with Gasteiger partial charge < -0.3 is 15.1 Å². The van der Waals surface area contributed by atoms with Crippen molar-refractivity contribution in [1.82, 2.24) is 9.97 Å². The van der Waals surface area contributed by atoms with Gasteiger partial charge >= 0.3 is 0 Å². The van der Waals surface area contributed by atoms with Gasteiger partial charge in [-0.05, 0) is 38.3 Å². The van der Waals surface area contributed by atoms with E-state index in [1.165, 1.54) is 12.8 Å². The summed E-state index contributed by atoms with van der Waals surface area (Å²) in [5.41, 5.74) is 3.31. The molecule has 1 aliphatic rings. The lowest BCUT2D eigenvalue weighted by Gasteiger charge is -2.21. The van der Waals surface area contributed by atoms with E-state index in [1.54, 1.807) is 6.20 Å². The minimum Gasteiger partial charge on any atom is -0.361 e. The van der Waals surface area contributed by atoms with Crippen LogP contribution in [0.5, 0.6) is 0 Å². The SMILES string of the molecule is Cc1ccc(C)c(C(=O)Nc2cnc(N3CCCC3)nc2N(C)C)c1. The van der Waals surface area contributed by atoms with E-state index in [2.05, 4.69) is 20.2 Å². The van der Waals surface area contributed by atoms with Gasteiger partial charge in [0.15, 0.2) is 5.82 Å². The number of rotatable bonds is 4. The van der Waals surface area contributed by atoms with Crippen LogP contribution in [0, 0.1) is 13.8 Å². The van der Waals surface area contributed by atoms with Crippen molar-refractivity contribution >= 4 is 23.4 Å². The van der Waals surface area contributed by atoms with E-state index in [1.807, 2.05) is 51.0 Å². The van der Waals surface area contributed by atoms with E-state index in [0.29, 0.717) is 11.3 Å². The Bertz CT molecular complexity index is 781. The molecule has 0 spiro atoms. The Kier molecular flexibility index (Phi) is 4.88. The first-order valence-corrected chi connectivity index (χ1v) is 8.63. The van der Waals surface area contributed by atoms with E-state index in [9.17, 15) is 4.79 Å². The molecule has 0 bridgehead atoms. The minimum absolute atomic E-state index is 0.137. The number of nitrogens with one attached hydrogen (secondary N) is 1. The van der Waals surface area contributed by atoms with Crippen LogP contribution in [0.1, 0.15) is 34.3 Å². The normalized spacial score (nSPS) is 13.8. The zero-order valence-electron chi connectivity index (χ0n) is 15.3. The van der Waals surface area contributed by atoms with Gasteiger partial charge in [-0.2, -0.15) is 4.98 Å². The molecule has 2 heterocycles. The van der Waals surface area contributed by atoms with Crippen LogP contribution in [0.3, 0.4) is 0 Å². The van der Waals surface area contributed by atoms with Crippen LogP contribution in [0.4, 0.5) is 17.5 Å². The second-order valence-corrected chi connectivity index (χ2v) is 6.77. The first-order valence-electron chi connectivity index (χ1n) is 8.63. The number of amides is 1. The molecule has 6 nitrogen and oxygen atoms in total. The summed E-state index contributed by atoms with van der Waals surface area (Å²) in [7, 11) is 3.84. The summed E-state index contributed by atoms with van der Waals surface area (Å²) in [6.45, 7) is 5.89. The van der Waals surface area contributed by atoms with Crippen LogP contribution in [0.25, 0.3) is 0 Å². The summed E-state index contributed by atoms with van der Waals surface area (Å²) in [6, 6.07) is 5.87. The summed E-state index contributed by atoms with van der Waals surface area (Å²) in [5, 5.41) is 2.97. The third kappa shape index (κ3) is 3.73. The van der Waals surface area contributed by atoms with Crippen molar-refractivity contribution in [3.8, 4) is 0 Å². The van der Waals surface area contributed by atoms with Crippen molar-refractivity contribution in [2.24, 2.45) is 0 Å². The van der Waals surface area contributed by atoms with E-state index in [0.717, 1.165) is 36.0 Å². The van der Waals surface area contributed by atoms with Gasteiger partial charge in [0.2, 0.25) is 5.95 Å². The molecule has 6 heteroatoms. The fraction of sp³-hybridized carbons (Fsp3) is 0.421. The Balaban J connectivity index is 1.88. The highest BCUT2D eigenvalue weighted by atomic mass is 16.1. The van der Waals surface area contributed by atoms with Crippen molar-refractivity contribution in [3.05, 3.63) is 41.1 Å². The van der Waals surface area contributed by atoms with Gasteiger partial charge in [-0.3, -0.25) is 4.79 Å². The molecule has 2 aromatic rings. The first kappa shape index (κ1) is 17.2. The number of benzene rings is 1. The average molecular weight is 339 g/mol. The lowest BCUT2D eigenvalue weighted by Crippen LogP contribution is -2.24. The Labute approximate surface area is 148 Å². The number of aryl methyl sites for hydroxylation is 2. The van der Waals surface area contributed by atoms with Crippen LogP contribution in [0.2, 0.25) is 0 Å². The number of hydrogen-bond donors (Lipinski definition) is 1. The molecule has 1 aliphatic heterocycles. The van der Waals surface area contributed by atoms with Gasteiger partial charge in [-0.15, -0.1) is 0 Å². The van der Waals surface area contributed by atoms with Crippen LogP contribution in [-0.4, -0.2) is 43.1 Å². The highest BCUT2D eigenvalue weighted by molar-refractivity contribution is 6.06. The third-order valence-corrected chi connectivity index (χ3v) is 4.45. The Morgan fingerprint density at radius 3 is 2.60 bits per heavy atom. The Morgan fingerprint density at radius 1 is 1.20 bits per heavy atom. The molecule has 1 aromatic carbocycles. The topological polar surface area (TPSA) is 61.4 Å². The molecule has 0 radical (unpaired) electrons. The second-order valence-electron chi connectivity index (χ2n) is 6.77. The smallest absolute Gasteiger partial charge is 0.256 e. The zero-order chi connectivity index (χ0) is 18.0. The summed E-state index contributed by atoms with van der Waals surface area (Å²) in [6.07, 6.45) is 4.05. The standard InChI is InChI=1S/C19H25N5O/c1-13-7-8-14(2)15(11-13)18(25)21-16-12-20-19(22-17(16)23(3)4)24-9-5-6-10-24/h7-8,11-12H,5-6,9-10H2,1-4H3,(H,21,25). The molecule has 3 rings (SSSR count). The molecular formula is C19H25N5O. The summed E-state index contributed by atoms with van der Waals surface area (Å²) >= 11 is 0. The van der Waals surface area contributed by atoms with E-state index in [4.69, 9.17) is 0 Å². The molecule has 25 heavy (non-hydrogen) atoms. The maximum absolute atomic E-state index is 12.7. The maximum Gasteiger partial charge on any atom is 0.256 e. The van der Waals surface area contributed by atoms with Crippen molar-refractivity contribution in [3.63, 3.8) is 0 Å². The molecule has 1 fully saturated rings. The van der Waals surface area contributed by atoms with Crippen LogP contribution in [-0.2, 0) is 0 Å². The van der Waals surface area contributed by atoms with Crippen molar-refractivity contribution in [1.29, 1.82) is 0 Å². The molecule has 0 atom stereocenters. The summed E-state index contributed by atoms with van der Waals surface area (Å²) in [5.74, 6) is 1.31. The predicted octanol–water partition coefficient (Wildman–Crippen LogP) is 3.01. The molecule has 132 valence electrons. The number of carbonyl (C=O) groups is 1. The fourth-order valence-corrected chi connectivity index (χ4v) is 3.03. The number of carbonyl (C=O) groups excluding carboxylic acids is 1. The quantitative estimate of drug-likeness (QED) is 0.928. The first-order chi connectivity index (χ1) is 12.0. The van der Waals surface area contributed by atoms with Crippen LogP contribution in [0.15, 0.2) is 24.4 Å². The Hall–Kier alpha value is -2.63. The highest BCUT2D eigenvalue weighted by Gasteiger charge is 2.19. The number of nitrogens with zero attached hydrogens (tertiary/aromatic N) is 4. The molecule has 1 aromatic heterocycles.